The van der Waals surface area contributed by atoms with Gasteiger partial charge in [0.15, 0.2) is 0 Å². The Kier molecular flexibility index (Phi) is 6.61. The number of esters is 1. The van der Waals surface area contributed by atoms with E-state index in [1.165, 1.54) is 7.11 Å². The van der Waals surface area contributed by atoms with Gasteiger partial charge in [-0.3, -0.25) is 4.79 Å². The topological polar surface area (TPSA) is 55.4 Å². The molecule has 0 aliphatic rings. The second-order valence-corrected chi connectivity index (χ2v) is 4.59. The van der Waals surface area contributed by atoms with Crippen molar-refractivity contribution in [3.05, 3.63) is 34.9 Å². The molecule has 0 heterocycles. The number of amides is 1. The molecule has 0 spiro atoms. The van der Waals surface area contributed by atoms with Crippen LogP contribution in [0.4, 0.5) is 0 Å². The van der Waals surface area contributed by atoms with Crippen molar-refractivity contribution in [2.24, 2.45) is 0 Å². The summed E-state index contributed by atoms with van der Waals surface area (Å²) in [6.07, 6.45) is 6.79. The summed E-state index contributed by atoms with van der Waals surface area (Å²) in [5, 5.41) is 3.18. The van der Waals surface area contributed by atoms with Crippen molar-refractivity contribution in [1.29, 1.82) is 0 Å². The van der Waals surface area contributed by atoms with Gasteiger partial charge in [0.2, 0.25) is 0 Å². The second kappa shape index (κ2) is 8.23. The fourth-order valence-electron chi connectivity index (χ4n) is 1.64. The lowest BCUT2D eigenvalue weighted by atomic mass is 10.1. The van der Waals surface area contributed by atoms with Crippen LogP contribution >= 0.6 is 11.6 Å². The molecule has 0 saturated carbocycles. The van der Waals surface area contributed by atoms with Gasteiger partial charge in [-0.1, -0.05) is 11.6 Å². The highest BCUT2D eigenvalue weighted by Crippen LogP contribution is 2.10. The van der Waals surface area contributed by atoms with E-state index in [2.05, 4.69) is 16.0 Å². The van der Waals surface area contributed by atoms with Crippen LogP contribution in [0.25, 0.3) is 0 Å². The number of ether oxygens (including phenoxy) is 1. The monoisotopic (exact) mass is 293 g/mol. The number of rotatable bonds is 6. The molecule has 0 bridgehead atoms. The standard InChI is InChI=1S/C15H16ClNO3/c1-3-4-5-6-13(15(19)20-2)17-14(18)11-7-9-12(16)10-8-11/h1,7-10,13H,4-6H2,2H3,(H,17,18)/t13-/m1/s1. The lowest BCUT2D eigenvalue weighted by molar-refractivity contribution is -0.143. The minimum atomic E-state index is -0.698. The van der Waals surface area contributed by atoms with Crippen LogP contribution in [0, 0.1) is 12.3 Å². The van der Waals surface area contributed by atoms with E-state index in [0.29, 0.717) is 29.8 Å². The van der Waals surface area contributed by atoms with Crippen molar-refractivity contribution in [3.63, 3.8) is 0 Å². The van der Waals surface area contributed by atoms with E-state index in [1.54, 1.807) is 24.3 Å². The highest BCUT2D eigenvalue weighted by atomic mass is 35.5. The molecule has 0 aromatic heterocycles. The van der Waals surface area contributed by atoms with E-state index >= 15 is 0 Å². The first-order chi connectivity index (χ1) is 9.58. The van der Waals surface area contributed by atoms with E-state index < -0.39 is 12.0 Å². The average Bonchev–Trinajstić information content (AvgIpc) is 2.46. The van der Waals surface area contributed by atoms with Crippen molar-refractivity contribution in [1.82, 2.24) is 5.32 Å². The fraction of sp³-hybridized carbons (Fsp3) is 0.333. The van der Waals surface area contributed by atoms with Crippen LogP contribution in [0.1, 0.15) is 29.6 Å². The molecule has 1 aromatic carbocycles. The zero-order chi connectivity index (χ0) is 15.0. The summed E-state index contributed by atoms with van der Waals surface area (Å²) >= 11 is 5.75. The Morgan fingerprint density at radius 2 is 2.05 bits per heavy atom. The Morgan fingerprint density at radius 3 is 2.60 bits per heavy atom. The third-order valence-electron chi connectivity index (χ3n) is 2.71. The number of unbranched alkanes of at least 4 members (excludes halogenated alkanes) is 1. The van der Waals surface area contributed by atoms with Gasteiger partial charge in [-0.25, -0.2) is 4.79 Å². The summed E-state index contributed by atoms with van der Waals surface area (Å²) in [6, 6.07) is 5.71. The van der Waals surface area contributed by atoms with Gasteiger partial charge in [0, 0.05) is 17.0 Å². The molecule has 1 N–H and O–H groups in total. The number of carbonyl (C=O) groups is 2. The Labute approximate surface area is 123 Å². The zero-order valence-corrected chi connectivity index (χ0v) is 11.9. The molecule has 106 valence electrons. The normalized spacial score (nSPS) is 11.2. The fourth-order valence-corrected chi connectivity index (χ4v) is 1.77. The van der Waals surface area contributed by atoms with E-state index in [4.69, 9.17) is 18.0 Å². The van der Waals surface area contributed by atoms with Gasteiger partial charge in [-0.2, -0.15) is 0 Å². The molecule has 1 amide bonds. The van der Waals surface area contributed by atoms with Gasteiger partial charge in [0.25, 0.3) is 5.91 Å². The van der Waals surface area contributed by atoms with Crippen molar-refractivity contribution >= 4 is 23.5 Å². The van der Waals surface area contributed by atoms with Crippen LogP contribution in [0.3, 0.4) is 0 Å². The van der Waals surface area contributed by atoms with E-state index in [1.807, 2.05) is 0 Å². The summed E-state index contributed by atoms with van der Waals surface area (Å²) < 4.78 is 4.67. The van der Waals surface area contributed by atoms with Gasteiger partial charge in [0.05, 0.1) is 7.11 Å². The van der Waals surface area contributed by atoms with Crippen molar-refractivity contribution in [2.75, 3.05) is 7.11 Å². The summed E-state index contributed by atoms with van der Waals surface area (Å²) in [7, 11) is 1.28. The molecule has 1 atom stereocenters. The van der Waals surface area contributed by atoms with Gasteiger partial charge >= 0.3 is 5.97 Å². The van der Waals surface area contributed by atoms with E-state index in [-0.39, 0.29) is 5.91 Å². The molecule has 0 unspecified atom stereocenters. The van der Waals surface area contributed by atoms with Crippen molar-refractivity contribution in [3.8, 4) is 12.3 Å². The zero-order valence-electron chi connectivity index (χ0n) is 11.2. The smallest absolute Gasteiger partial charge is 0.328 e. The number of terminal acetylenes is 1. The van der Waals surface area contributed by atoms with Crippen molar-refractivity contribution < 1.29 is 14.3 Å². The van der Waals surface area contributed by atoms with Gasteiger partial charge in [-0.15, -0.1) is 12.3 Å². The number of carbonyl (C=O) groups excluding carboxylic acids is 2. The summed E-state index contributed by atoms with van der Waals surface area (Å²) in [6.45, 7) is 0. The quantitative estimate of drug-likeness (QED) is 0.498. The van der Waals surface area contributed by atoms with Gasteiger partial charge in [-0.05, 0) is 37.1 Å². The minimum absolute atomic E-state index is 0.349. The molecule has 0 radical (unpaired) electrons. The number of nitrogens with one attached hydrogen (secondary N) is 1. The molecule has 4 nitrogen and oxygen atoms in total. The van der Waals surface area contributed by atoms with E-state index in [0.717, 1.165) is 0 Å². The maximum Gasteiger partial charge on any atom is 0.328 e. The molecule has 0 aliphatic heterocycles. The summed E-state index contributed by atoms with van der Waals surface area (Å²) in [5.74, 6) is 1.66. The van der Waals surface area contributed by atoms with Crippen LogP contribution < -0.4 is 5.32 Å². The molecule has 5 heteroatoms. The molecule has 0 fully saturated rings. The molecule has 1 aromatic rings. The molecule has 1 rings (SSSR count). The highest BCUT2D eigenvalue weighted by molar-refractivity contribution is 6.30. The number of hydrogen-bond donors (Lipinski definition) is 1. The molecular formula is C15H16ClNO3. The molecule has 0 saturated heterocycles. The SMILES string of the molecule is C#CCCC[C@@H](NC(=O)c1ccc(Cl)cc1)C(=O)OC. The Morgan fingerprint density at radius 1 is 1.40 bits per heavy atom. The van der Waals surface area contributed by atoms with Crippen LogP contribution in [0.5, 0.6) is 0 Å². The van der Waals surface area contributed by atoms with Crippen LogP contribution in [-0.4, -0.2) is 25.0 Å². The average molecular weight is 294 g/mol. The van der Waals surface area contributed by atoms with Crippen LogP contribution in [0.2, 0.25) is 5.02 Å². The van der Waals surface area contributed by atoms with Crippen LogP contribution in [0.15, 0.2) is 24.3 Å². The van der Waals surface area contributed by atoms with Crippen LogP contribution in [-0.2, 0) is 9.53 Å². The first-order valence-electron chi connectivity index (χ1n) is 6.16. The van der Waals surface area contributed by atoms with Gasteiger partial charge in [0.1, 0.15) is 6.04 Å². The predicted octanol–water partition coefficient (Wildman–Crippen LogP) is 2.41. The van der Waals surface area contributed by atoms with E-state index in [9.17, 15) is 9.59 Å². The first kappa shape index (κ1) is 16.1. The number of benzene rings is 1. The third-order valence-corrected chi connectivity index (χ3v) is 2.96. The predicted molar refractivity (Wildman–Crippen MR) is 77.4 cm³/mol. The first-order valence-corrected chi connectivity index (χ1v) is 6.54. The number of halogens is 1. The lowest BCUT2D eigenvalue weighted by Crippen LogP contribution is -2.41. The molecule has 0 aliphatic carbocycles. The largest absolute Gasteiger partial charge is 0.467 e. The Bertz CT molecular complexity index is 505. The molecular weight excluding hydrogens is 278 g/mol. The maximum absolute atomic E-state index is 12.0. The third kappa shape index (κ3) is 4.94. The maximum atomic E-state index is 12.0. The summed E-state index contributed by atoms with van der Waals surface area (Å²) in [4.78, 5) is 23.6. The molecule has 20 heavy (non-hydrogen) atoms. The lowest BCUT2D eigenvalue weighted by Gasteiger charge is -2.16. The Hall–Kier alpha value is -1.99. The summed E-state index contributed by atoms with van der Waals surface area (Å²) in [5.41, 5.74) is 0.431. The van der Waals surface area contributed by atoms with Gasteiger partial charge < -0.3 is 10.1 Å². The number of methoxy groups -OCH3 is 1. The van der Waals surface area contributed by atoms with Crippen molar-refractivity contribution in [2.45, 2.75) is 25.3 Å². The highest BCUT2D eigenvalue weighted by Gasteiger charge is 2.21. The second-order valence-electron chi connectivity index (χ2n) is 4.15. The number of hydrogen-bond acceptors (Lipinski definition) is 3. The Balaban J connectivity index is 2.68. The minimum Gasteiger partial charge on any atom is -0.467 e.